The number of carbonyl (C=O) groups is 1. The molecule has 3 rings (SSSR count). The van der Waals surface area contributed by atoms with Crippen molar-refractivity contribution in [2.24, 2.45) is 0 Å². The van der Waals surface area contributed by atoms with Crippen LogP contribution in [0.25, 0.3) is 0 Å². The molecule has 2 aromatic carbocycles. The molecule has 0 saturated heterocycles. The molecule has 1 amide bonds. The SMILES string of the molecule is Cc1ccc(C)c(NC2CC(NC(=O)OCc3ccccc3)C2)c1. The van der Waals surface area contributed by atoms with E-state index in [1.807, 2.05) is 30.3 Å². The van der Waals surface area contributed by atoms with Crippen LogP contribution in [0.3, 0.4) is 0 Å². The van der Waals surface area contributed by atoms with Crippen LogP contribution in [0.15, 0.2) is 48.5 Å². The van der Waals surface area contributed by atoms with Crippen molar-refractivity contribution in [2.75, 3.05) is 5.32 Å². The Hall–Kier alpha value is -2.49. The van der Waals surface area contributed by atoms with Gasteiger partial charge in [0.1, 0.15) is 6.61 Å². The Morgan fingerprint density at radius 2 is 1.83 bits per heavy atom. The first-order chi connectivity index (χ1) is 11.6. The van der Waals surface area contributed by atoms with E-state index in [0.29, 0.717) is 12.6 Å². The molecule has 24 heavy (non-hydrogen) atoms. The summed E-state index contributed by atoms with van der Waals surface area (Å²) in [6, 6.07) is 16.7. The minimum Gasteiger partial charge on any atom is -0.445 e. The standard InChI is InChI=1S/C20H24N2O2/c1-14-8-9-15(2)19(10-14)21-17-11-18(12-17)22-20(23)24-13-16-6-4-3-5-7-16/h3-10,17-18,21H,11-13H2,1-2H3,(H,22,23). The smallest absolute Gasteiger partial charge is 0.407 e. The van der Waals surface area contributed by atoms with Crippen molar-refractivity contribution in [1.29, 1.82) is 0 Å². The molecule has 126 valence electrons. The number of rotatable bonds is 5. The van der Waals surface area contributed by atoms with Crippen molar-refractivity contribution >= 4 is 11.8 Å². The summed E-state index contributed by atoms with van der Waals surface area (Å²) in [5.74, 6) is 0. The molecule has 0 spiro atoms. The maximum atomic E-state index is 11.8. The van der Waals surface area contributed by atoms with Gasteiger partial charge >= 0.3 is 6.09 Å². The maximum absolute atomic E-state index is 11.8. The molecule has 0 aromatic heterocycles. The first kappa shape index (κ1) is 16.4. The highest BCUT2D eigenvalue weighted by Gasteiger charge is 2.30. The molecule has 0 radical (unpaired) electrons. The minimum atomic E-state index is -0.339. The highest BCUT2D eigenvalue weighted by molar-refractivity contribution is 5.68. The number of benzene rings is 2. The van der Waals surface area contributed by atoms with Crippen LogP contribution in [0.5, 0.6) is 0 Å². The van der Waals surface area contributed by atoms with E-state index in [1.165, 1.54) is 16.8 Å². The topological polar surface area (TPSA) is 50.4 Å². The van der Waals surface area contributed by atoms with E-state index >= 15 is 0 Å². The van der Waals surface area contributed by atoms with Gasteiger partial charge in [-0.25, -0.2) is 4.79 Å². The van der Waals surface area contributed by atoms with Gasteiger partial charge in [-0.15, -0.1) is 0 Å². The Labute approximate surface area is 143 Å². The fourth-order valence-corrected chi connectivity index (χ4v) is 2.90. The molecule has 2 aromatic rings. The van der Waals surface area contributed by atoms with Gasteiger partial charge in [-0.1, -0.05) is 42.5 Å². The molecule has 1 aliphatic carbocycles. The molecule has 2 N–H and O–H groups in total. The summed E-state index contributed by atoms with van der Waals surface area (Å²) in [5.41, 5.74) is 4.68. The van der Waals surface area contributed by atoms with Gasteiger partial charge < -0.3 is 15.4 Å². The van der Waals surface area contributed by atoms with Gasteiger partial charge in [-0.2, -0.15) is 0 Å². The van der Waals surface area contributed by atoms with Crippen molar-refractivity contribution in [1.82, 2.24) is 5.32 Å². The lowest BCUT2D eigenvalue weighted by molar-refractivity contribution is 0.129. The summed E-state index contributed by atoms with van der Waals surface area (Å²) in [6.07, 6.45) is 1.51. The second-order valence-corrected chi connectivity index (χ2v) is 6.53. The van der Waals surface area contributed by atoms with Crippen LogP contribution >= 0.6 is 0 Å². The first-order valence-electron chi connectivity index (χ1n) is 8.41. The van der Waals surface area contributed by atoms with Crippen molar-refractivity contribution in [3.63, 3.8) is 0 Å². The lowest BCUT2D eigenvalue weighted by Crippen LogP contribution is -2.49. The van der Waals surface area contributed by atoms with E-state index in [1.54, 1.807) is 0 Å². The predicted octanol–water partition coefficient (Wildman–Crippen LogP) is 4.17. The third kappa shape index (κ3) is 4.28. The number of alkyl carbamates (subject to hydrolysis) is 1. The van der Waals surface area contributed by atoms with Crippen molar-refractivity contribution < 1.29 is 9.53 Å². The monoisotopic (exact) mass is 324 g/mol. The number of anilines is 1. The minimum absolute atomic E-state index is 0.191. The number of hydrogen-bond acceptors (Lipinski definition) is 3. The van der Waals surface area contributed by atoms with Crippen LogP contribution in [-0.2, 0) is 11.3 Å². The number of aryl methyl sites for hydroxylation is 2. The molecule has 0 aliphatic heterocycles. The average Bonchev–Trinajstić information content (AvgIpc) is 2.55. The van der Waals surface area contributed by atoms with E-state index in [4.69, 9.17) is 4.74 Å². The molecule has 1 fully saturated rings. The number of amides is 1. The van der Waals surface area contributed by atoms with E-state index in [0.717, 1.165) is 18.4 Å². The Balaban J connectivity index is 1.39. The van der Waals surface area contributed by atoms with E-state index in [-0.39, 0.29) is 12.1 Å². The zero-order valence-corrected chi connectivity index (χ0v) is 14.2. The highest BCUT2D eigenvalue weighted by Crippen LogP contribution is 2.26. The second-order valence-electron chi connectivity index (χ2n) is 6.53. The van der Waals surface area contributed by atoms with Crippen molar-refractivity contribution in [3.8, 4) is 0 Å². The van der Waals surface area contributed by atoms with Gasteiger partial charge in [-0.05, 0) is 49.4 Å². The molecule has 4 nitrogen and oxygen atoms in total. The Bertz CT molecular complexity index is 694. The Kier molecular flexibility index (Phi) is 5.04. The van der Waals surface area contributed by atoms with E-state index < -0.39 is 0 Å². The van der Waals surface area contributed by atoms with Gasteiger partial charge in [0, 0.05) is 17.8 Å². The van der Waals surface area contributed by atoms with Gasteiger partial charge in [0.15, 0.2) is 0 Å². The fourth-order valence-electron chi connectivity index (χ4n) is 2.90. The third-order valence-electron chi connectivity index (χ3n) is 4.43. The normalized spacial score (nSPS) is 19.2. The average molecular weight is 324 g/mol. The summed E-state index contributed by atoms with van der Waals surface area (Å²) in [4.78, 5) is 11.8. The molecular weight excluding hydrogens is 300 g/mol. The quantitative estimate of drug-likeness (QED) is 0.868. The number of nitrogens with one attached hydrogen (secondary N) is 2. The molecule has 0 heterocycles. The zero-order chi connectivity index (χ0) is 16.9. The molecular formula is C20H24N2O2. The van der Waals surface area contributed by atoms with E-state index in [9.17, 15) is 4.79 Å². The summed E-state index contributed by atoms with van der Waals surface area (Å²) >= 11 is 0. The van der Waals surface area contributed by atoms with Gasteiger partial charge in [-0.3, -0.25) is 0 Å². The third-order valence-corrected chi connectivity index (χ3v) is 4.43. The fraction of sp³-hybridized carbons (Fsp3) is 0.350. The molecule has 4 heteroatoms. The van der Waals surface area contributed by atoms with Crippen LogP contribution in [0.2, 0.25) is 0 Å². The summed E-state index contributed by atoms with van der Waals surface area (Å²) in [6.45, 7) is 4.51. The lowest BCUT2D eigenvalue weighted by atomic mass is 9.86. The van der Waals surface area contributed by atoms with Crippen LogP contribution < -0.4 is 10.6 Å². The van der Waals surface area contributed by atoms with Crippen LogP contribution in [0.1, 0.15) is 29.5 Å². The van der Waals surface area contributed by atoms with Gasteiger partial charge in [0.25, 0.3) is 0 Å². The Morgan fingerprint density at radius 1 is 1.08 bits per heavy atom. The molecule has 1 aliphatic rings. The van der Waals surface area contributed by atoms with Crippen molar-refractivity contribution in [3.05, 3.63) is 65.2 Å². The molecule has 0 atom stereocenters. The first-order valence-corrected chi connectivity index (χ1v) is 8.41. The predicted molar refractivity (Wildman–Crippen MR) is 96.1 cm³/mol. The second kappa shape index (κ2) is 7.39. The van der Waals surface area contributed by atoms with Crippen LogP contribution in [0.4, 0.5) is 10.5 Å². The van der Waals surface area contributed by atoms with Crippen LogP contribution in [-0.4, -0.2) is 18.2 Å². The van der Waals surface area contributed by atoms with Crippen molar-refractivity contribution in [2.45, 2.75) is 45.4 Å². The van der Waals surface area contributed by atoms with Crippen LogP contribution in [0, 0.1) is 13.8 Å². The maximum Gasteiger partial charge on any atom is 0.407 e. The number of ether oxygens (including phenoxy) is 1. The molecule has 1 saturated carbocycles. The largest absolute Gasteiger partial charge is 0.445 e. The highest BCUT2D eigenvalue weighted by atomic mass is 16.5. The molecule has 0 unspecified atom stereocenters. The number of carbonyl (C=O) groups excluding carboxylic acids is 1. The lowest BCUT2D eigenvalue weighted by Gasteiger charge is -2.37. The number of hydrogen-bond donors (Lipinski definition) is 2. The molecule has 0 bridgehead atoms. The summed E-state index contributed by atoms with van der Waals surface area (Å²) in [5, 5.41) is 6.48. The van der Waals surface area contributed by atoms with Gasteiger partial charge in [0.05, 0.1) is 0 Å². The zero-order valence-electron chi connectivity index (χ0n) is 14.2. The van der Waals surface area contributed by atoms with Gasteiger partial charge in [0.2, 0.25) is 0 Å². The van der Waals surface area contributed by atoms with E-state index in [2.05, 4.69) is 42.7 Å². The summed E-state index contributed by atoms with van der Waals surface area (Å²) < 4.78 is 5.25. The summed E-state index contributed by atoms with van der Waals surface area (Å²) in [7, 11) is 0. The Morgan fingerprint density at radius 3 is 2.58 bits per heavy atom.